The lowest BCUT2D eigenvalue weighted by molar-refractivity contribution is 0.286. The van der Waals surface area contributed by atoms with E-state index in [0.29, 0.717) is 10.0 Å². The molecule has 0 spiro atoms. The molecule has 19 heavy (non-hydrogen) atoms. The Kier molecular flexibility index (Phi) is 4.77. The van der Waals surface area contributed by atoms with Crippen LogP contribution >= 0.6 is 23.2 Å². The standard InChI is InChI=1S/C13H17Cl2NO2S/c1-16(12-5-3-2-4-6-12)19(17,18)13-8-10(14)7-11(15)9-13/h7-9,12H,2-6H2,1H3. The summed E-state index contributed by atoms with van der Waals surface area (Å²) in [5, 5.41) is 0.672. The predicted octanol–water partition coefficient (Wildman–Crippen LogP) is 3.95. The molecule has 2 rings (SSSR count). The predicted molar refractivity (Wildman–Crippen MR) is 78.3 cm³/mol. The first-order valence-corrected chi connectivity index (χ1v) is 8.55. The highest BCUT2D eigenvalue weighted by molar-refractivity contribution is 7.89. The minimum atomic E-state index is -3.52. The van der Waals surface area contributed by atoms with Crippen LogP contribution in [-0.4, -0.2) is 25.8 Å². The Morgan fingerprint density at radius 2 is 1.58 bits per heavy atom. The minimum Gasteiger partial charge on any atom is -0.207 e. The van der Waals surface area contributed by atoms with Gasteiger partial charge in [0.2, 0.25) is 10.0 Å². The van der Waals surface area contributed by atoms with Crippen molar-refractivity contribution >= 4 is 33.2 Å². The Hall–Kier alpha value is -0.290. The van der Waals surface area contributed by atoms with E-state index in [9.17, 15) is 8.42 Å². The first-order chi connectivity index (χ1) is 8.91. The van der Waals surface area contributed by atoms with Crippen LogP contribution < -0.4 is 0 Å². The lowest BCUT2D eigenvalue weighted by Crippen LogP contribution is -2.38. The molecular formula is C13H17Cl2NO2S. The van der Waals surface area contributed by atoms with Gasteiger partial charge in [-0.25, -0.2) is 8.42 Å². The van der Waals surface area contributed by atoms with Gasteiger partial charge in [-0.15, -0.1) is 0 Å². The molecule has 1 aliphatic carbocycles. The van der Waals surface area contributed by atoms with Crippen molar-refractivity contribution in [3.05, 3.63) is 28.2 Å². The number of nitrogens with zero attached hydrogens (tertiary/aromatic N) is 1. The van der Waals surface area contributed by atoms with Gasteiger partial charge in [0.05, 0.1) is 4.90 Å². The molecule has 1 aromatic rings. The fourth-order valence-corrected chi connectivity index (χ4v) is 4.63. The molecule has 0 N–H and O–H groups in total. The highest BCUT2D eigenvalue weighted by Crippen LogP contribution is 2.29. The quantitative estimate of drug-likeness (QED) is 0.845. The smallest absolute Gasteiger partial charge is 0.207 e. The van der Waals surface area contributed by atoms with Crippen LogP contribution in [0.3, 0.4) is 0 Å². The van der Waals surface area contributed by atoms with Gasteiger partial charge in [-0.3, -0.25) is 0 Å². The third-order valence-electron chi connectivity index (χ3n) is 3.60. The number of sulfonamides is 1. The molecule has 3 nitrogen and oxygen atoms in total. The van der Waals surface area contributed by atoms with E-state index in [0.717, 1.165) is 25.7 Å². The van der Waals surface area contributed by atoms with E-state index in [1.165, 1.54) is 28.9 Å². The fourth-order valence-electron chi connectivity index (χ4n) is 2.48. The van der Waals surface area contributed by atoms with Crippen molar-refractivity contribution in [2.45, 2.75) is 43.0 Å². The lowest BCUT2D eigenvalue weighted by atomic mass is 9.96. The average molecular weight is 322 g/mol. The van der Waals surface area contributed by atoms with Crippen molar-refractivity contribution in [1.29, 1.82) is 0 Å². The van der Waals surface area contributed by atoms with Gasteiger partial charge in [-0.2, -0.15) is 4.31 Å². The highest BCUT2D eigenvalue weighted by atomic mass is 35.5. The molecule has 0 amide bonds. The number of hydrogen-bond acceptors (Lipinski definition) is 2. The second-order valence-electron chi connectivity index (χ2n) is 4.92. The number of hydrogen-bond donors (Lipinski definition) is 0. The summed E-state index contributed by atoms with van der Waals surface area (Å²) in [6, 6.07) is 4.50. The van der Waals surface area contributed by atoms with Crippen molar-refractivity contribution in [3.63, 3.8) is 0 Å². The van der Waals surface area contributed by atoms with E-state index in [1.54, 1.807) is 7.05 Å². The first kappa shape index (κ1) is 15.1. The monoisotopic (exact) mass is 321 g/mol. The third-order valence-corrected chi connectivity index (χ3v) is 5.93. The summed E-state index contributed by atoms with van der Waals surface area (Å²) in [7, 11) is -1.88. The van der Waals surface area contributed by atoms with Crippen LogP contribution in [0.5, 0.6) is 0 Å². The van der Waals surface area contributed by atoms with Crippen LogP contribution in [0, 0.1) is 0 Å². The van der Waals surface area contributed by atoms with Crippen molar-refractivity contribution in [3.8, 4) is 0 Å². The molecule has 0 unspecified atom stereocenters. The van der Waals surface area contributed by atoms with Crippen molar-refractivity contribution < 1.29 is 8.42 Å². The second-order valence-corrected chi connectivity index (χ2v) is 7.79. The van der Waals surface area contributed by atoms with Crippen molar-refractivity contribution in [1.82, 2.24) is 4.31 Å². The summed E-state index contributed by atoms with van der Waals surface area (Å²) in [5.41, 5.74) is 0. The van der Waals surface area contributed by atoms with Crippen molar-refractivity contribution in [2.24, 2.45) is 0 Å². The number of benzene rings is 1. The van der Waals surface area contributed by atoms with Crippen LogP contribution in [0.15, 0.2) is 23.1 Å². The van der Waals surface area contributed by atoms with Crippen LogP contribution in [0.2, 0.25) is 10.0 Å². The molecule has 0 aromatic heterocycles. The minimum absolute atomic E-state index is 0.0801. The maximum absolute atomic E-state index is 12.5. The third kappa shape index (κ3) is 3.43. The molecule has 106 valence electrons. The molecule has 0 aliphatic heterocycles. The molecule has 0 heterocycles. The Labute approximate surface area is 124 Å². The van der Waals surface area contributed by atoms with E-state index in [2.05, 4.69) is 0 Å². The van der Waals surface area contributed by atoms with Crippen LogP contribution in [0.25, 0.3) is 0 Å². The van der Waals surface area contributed by atoms with E-state index >= 15 is 0 Å². The lowest BCUT2D eigenvalue weighted by Gasteiger charge is -2.30. The summed E-state index contributed by atoms with van der Waals surface area (Å²) in [4.78, 5) is 0.165. The topological polar surface area (TPSA) is 37.4 Å². The van der Waals surface area contributed by atoms with E-state index in [-0.39, 0.29) is 10.9 Å². The summed E-state index contributed by atoms with van der Waals surface area (Å²) < 4.78 is 26.6. The van der Waals surface area contributed by atoms with Gasteiger partial charge in [0.25, 0.3) is 0 Å². The van der Waals surface area contributed by atoms with E-state index < -0.39 is 10.0 Å². The summed E-state index contributed by atoms with van der Waals surface area (Å²) in [6.45, 7) is 0. The molecule has 1 saturated carbocycles. The largest absolute Gasteiger partial charge is 0.243 e. The average Bonchev–Trinajstić information content (AvgIpc) is 2.37. The molecular weight excluding hydrogens is 305 g/mol. The fraction of sp³-hybridized carbons (Fsp3) is 0.538. The molecule has 1 fully saturated rings. The van der Waals surface area contributed by atoms with Crippen molar-refractivity contribution in [2.75, 3.05) is 7.05 Å². The number of halogens is 2. The maximum Gasteiger partial charge on any atom is 0.243 e. The summed E-state index contributed by atoms with van der Waals surface area (Å²) in [6.07, 6.45) is 5.20. The zero-order chi connectivity index (χ0) is 14.0. The second kappa shape index (κ2) is 6.00. The Bertz CT molecular complexity index is 534. The van der Waals surface area contributed by atoms with Gasteiger partial charge in [-0.1, -0.05) is 42.5 Å². The first-order valence-electron chi connectivity index (χ1n) is 6.35. The summed E-state index contributed by atoms with van der Waals surface area (Å²) in [5.74, 6) is 0. The van der Waals surface area contributed by atoms with E-state index in [1.807, 2.05) is 0 Å². The highest BCUT2D eigenvalue weighted by Gasteiger charge is 2.29. The van der Waals surface area contributed by atoms with Gasteiger partial charge in [0, 0.05) is 23.1 Å². The summed E-state index contributed by atoms with van der Waals surface area (Å²) >= 11 is 11.8. The van der Waals surface area contributed by atoms with Gasteiger partial charge in [0.15, 0.2) is 0 Å². The Balaban J connectivity index is 2.30. The molecule has 6 heteroatoms. The molecule has 0 radical (unpaired) electrons. The molecule has 1 aliphatic rings. The van der Waals surface area contributed by atoms with E-state index in [4.69, 9.17) is 23.2 Å². The van der Waals surface area contributed by atoms with Gasteiger partial charge < -0.3 is 0 Å². The molecule has 0 bridgehead atoms. The zero-order valence-electron chi connectivity index (χ0n) is 10.8. The van der Waals surface area contributed by atoms with Gasteiger partial charge >= 0.3 is 0 Å². The normalized spacial score (nSPS) is 17.9. The van der Waals surface area contributed by atoms with Crippen LogP contribution in [-0.2, 0) is 10.0 Å². The van der Waals surface area contributed by atoms with Gasteiger partial charge in [-0.05, 0) is 31.0 Å². The SMILES string of the molecule is CN(C1CCCCC1)S(=O)(=O)c1cc(Cl)cc(Cl)c1. The zero-order valence-corrected chi connectivity index (χ0v) is 13.1. The Morgan fingerprint density at radius 3 is 2.11 bits per heavy atom. The molecule has 1 aromatic carbocycles. The number of rotatable bonds is 3. The molecule has 0 saturated heterocycles. The van der Waals surface area contributed by atoms with Crippen LogP contribution in [0.1, 0.15) is 32.1 Å². The maximum atomic E-state index is 12.5. The molecule has 0 atom stereocenters. The van der Waals surface area contributed by atoms with Crippen LogP contribution in [0.4, 0.5) is 0 Å². The Morgan fingerprint density at radius 1 is 1.05 bits per heavy atom. The van der Waals surface area contributed by atoms with Gasteiger partial charge in [0.1, 0.15) is 0 Å².